The standard InChI is InChI=1S/C15H22ClNO2/c1-12(6-5-9-15(18)19)17(2)11-10-13-7-3-4-8-14(13)16/h3-4,7-8,12H,5-6,9-11H2,1-2H3,(H,18,19). The first-order valence-corrected chi connectivity index (χ1v) is 7.04. The van der Waals surface area contributed by atoms with Crippen LogP contribution in [0.25, 0.3) is 0 Å². The van der Waals surface area contributed by atoms with Crippen LogP contribution in [-0.2, 0) is 11.2 Å². The van der Waals surface area contributed by atoms with Crippen molar-refractivity contribution in [2.45, 2.75) is 38.6 Å². The van der Waals surface area contributed by atoms with Crippen LogP contribution >= 0.6 is 11.6 Å². The molecule has 0 amide bonds. The molecule has 106 valence electrons. The highest BCUT2D eigenvalue weighted by molar-refractivity contribution is 6.31. The van der Waals surface area contributed by atoms with Crippen LogP contribution in [0.5, 0.6) is 0 Å². The van der Waals surface area contributed by atoms with E-state index >= 15 is 0 Å². The molecule has 0 heterocycles. The van der Waals surface area contributed by atoms with Gasteiger partial charge in [0.05, 0.1) is 0 Å². The quantitative estimate of drug-likeness (QED) is 0.794. The van der Waals surface area contributed by atoms with Crippen LogP contribution in [0, 0.1) is 0 Å². The third kappa shape index (κ3) is 6.08. The molecule has 0 aliphatic carbocycles. The molecule has 0 saturated heterocycles. The maximum absolute atomic E-state index is 10.5. The first-order valence-electron chi connectivity index (χ1n) is 6.66. The molecule has 1 atom stereocenters. The molecular weight excluding hydrogens is 262 g/mol. The van der Waals surface area contributed by atoms with E-state index in [0.717, 1.165) is 36.4 Å². The molecule has 1 N–H and O–H groups in total. The number of benzene rings is 1. The topological polar surface area (TPSA) is 40.5 Å². The van der Waals surface area contributed by atoms with Crippen LogP contribution in [0.4, 0.5) is 0 Å². The van der Waals surface area contributed by atoms with E-state index in [2.05, 4.69) is 18.9 Å². The number of rotatable bonds is 8. The number of hydrogen-bond acceptors (Lipinski definition) is 2. The summed E-state index contributed by atoms with van der Waals surface area (Å²) >= 11 is 6.12. The summed E-state index contributed by atoms with van der Waals surface area (Å²) in [5.74, 6) is -0.717. The molecular formula is C15H22ClNO2. The Morgan fingerprint density at radius 3 is 2.74 bits per heavy atom. The lowest BCUT2D eigenvalue weighted by Gasteiger charge is -2.24. The highest BCUT2D eigenvalue weighted by Gasteiger charge is 2.10. The van der Waals surface area contributed by atoms with Crippen molar-refractivity contribution in [3.63, 3.8) is 0 Å². The third-order valence-corrected chi connectivity index (χ3v) is 3.83. The van der Waals surface area contributed by atoms with E-state index in [4.69, 9.17) is 16.7 Å². The largest absolute Gasteiger partial charge is 0.481 e. The molecule has 0 aliphatic heterocycles. The predicted octanol–water partition coefficient (Wildman–Crippen LogP) is 3.46. The molecule has 1 rings (SSSR count). The molecule has 0 spiro atoms. The Morgan fingerprint density at radius 2 is 2.11 bits per heavy atom. The lowest BCUT2D eigenvalue weighted by atomic mass is 10.1. The zero-order chi connectivity index (χ0) is 14.3. The van der Waals surface area contributed by atoms with Gasteiger partial charge in [-0.2, -0.15) is 0 Å². The second-order valence-corrected chi connectivity index (χ2v) is 5.36. The highest BCUT2D eigenvalue weighted by atomic mass is 35.5. The summed E-state index contributed by atoms with van der Waals surface area (Å²) in [6, 6.07) is 8.28. The van der Waals surface area contributed by atoms with E-state index in [1.54, 1.807) is 0 Å². The molecule has 1 aromatic rings. The number of nitrogens with zero attached hydrogens (tertiary/aromatic N) is 1. The van der Waals surface area contributed by atoms with Crippen LogP contribution in [0.3, 0.4) is 0 Å². The van der Waals surface area contributed by atoms with Crippen LogP contribution in [-0.4, -0.2) is 35.6 Å². The second-order valence-electron chi connectivity index (χ2n) is 4.96. The van der Waals surface area contributed by atoms with Gasteiger partial charge in [-0.3, -0.25) is 4.79 Å². The number of carboxylic acid groups (broad SMARTS) is 1. The van der Waals surface area contributed by atoms with Gasteiger partial charge >= 0.3 is 5.97 Å². The van der Waals surface area contributed by atoms with Gasteiger partial charge in [0.25, 0.3) is 0 Å². The van der Waals surface area contributed by atoms with Crippen LogP contribution in [0.15, 0.2) is 24.3 Å². The van der Waals surface area contributed by atoms with Gasteiger partial charge in [0, 0.05) is 24.0 Å². The summed E-state index contributed by atoms with van der Waals surface area (Å²) < 4.78 is 0. The number of halogens is 1. The van der Waals surface area contributed by atoms with Crippen molar-refractivity contribution in [1.29, 1.82) is 0 Å². The van der Waals surface area contributed by atoms with Crippen LogP contribution in [0.2, 0.25) is 5.02 Å². The monoisotopic (exact) mass is 283 g/mol. The molecule has 1 unspecified atom stereocenters. The summed E-state index contributed by atoms with van der Waals surface area (Å²) in [6.45, 7) is 3.06. The molecule has 0 saturated carbocycles. The highest BCUT2D eigenvalue weighted by Crippen LogP contribution is 2.16. The number of likely N-dealkylation sites (N-methyl/N-ethyl adjacent to an activating group) is 1. The van der Waals surface area contributed by atoms with Gasteiger partial charge in [-0.1, -0.05) is 29.8 Å². The Labute approximate surface area is 120 Å². The fourth-order valence-electron chi connectivity index (χ4n) is 1.99. The van der Waals surface area contributed by atoms with Gasteiger partial charge in [-0.15, -0.1) is 0 Å². The minimum atomic E-state index is -0.717. The van der Waals surface area contributed by atoms with Crippen molar-refractivity contribution in [1.82, 2.24) is 4.90 Å². The molecule has 0 aliphatic rings. The molecule has 0 aromatic heterocycles. The van der Waals surface area contributed by atoms with Gasteiger partial charge in [0.1, 0.15) is 0 Å². The van der Waals surface area contributed by atoms with Gasteiger partial charge < -0.3 is 10.0 Å². The molecule has 0 bridgehead atoms. The van der Waals surface area contributed by atoms with E-state index in [9.17, 15) is 4.79 Å². The zero-order valence-corrected chi connectivity index (χ0v) is 12.4. The van der Waals surface area contributed by atoms with Crippen molar-refractivity contribution < 1.29 is 9.90 Å². The fraction of sp³-hybridized carbons (Fsp3) is 0.533. The average Bonchev–Trinajstić information content (AvgIpc) is 2.36. The Balaban J connectivity index is 2.32. The molecule has 0 fully saturated rings. The van der Waals surface area contributed by atoms with Gasteiger partial charge in [-0.25, -0.2) is 0 Å². The van der Waals surface area contributed by atoms with Gasteiger partial charge in [0.15, 0.2) is 0 Å². The fourth-order valence-corrected chi connectivity index (χ4v) is 2.22. The van der Waals surface area contributed by atoms with Crippen molar-refractivity contribution in [2.75, 3.05) is 13.6 Å². The second kappa shape index (κ2) is 8.18. The smallest absolute Gasteiger partial charge is 0.303 e. The molecule has 1 aromatic carbocycles. The summed E-state index contributed by atoms with van der Waals surface area (Å²) in [5, 5.41) is 9.43. The minimum absolute atomic E-state index is 0.253. The van der Waals surface area contributed by atoms with Crippen LogP contribution < -0.4 is 0 Å². The normalized spacial score (nSPS) is 12.6. The maximum Gasteiger partial charge on any atom is 0.303 e. The number of aliphatic carboxylic acids is 1. The van der Waals surface area contributed by atoms with E-state index in [1.807, 2.05) is 24.3 Å². The summed E-state index contributed by atoms with van der Waals surface area (Å²) in [4.78, 5) is 12.7. The zero-order valence-electron chi connectivity index (χ0n) is 11.6. The minimum Gasteiger partial charge on any atom is -0.481 e. The third-order valence-electron chi connectivity index (χ3n) is 3.46. The Bertz CT molecular complexity index is 409. The Hall–Kier alpha value is -1.06. The van der Waals surface area contributed by atoms with Crippen molar-refractivity contribution in [3.8, 4) is 0 Å². The van der Waals surface area contributed by atoms with Crippen molar-refractivity contribution in [2.24, 2.45) is 0 Å². The molecule has 19 heavy (non-hydrogen) atoms. The number of carbonyl (C=O) groups is 1. The van der Waals surface area contributed by atoms with Crippen molar-refractivity contribution >= 4 is 17.6 Å². The van der Waals surface area contributed by atoms with E-state index in [0.29, 0.717) is 6.04 Å². The lowest BCUT2D eigenvalue weighted by molar-refractivity contribution is -0.137. The Morgan fingerprint density at radius 1 is 1.42 bits per heavy atom. The lowest BCUT2D eigenvalue weighted by Crippen LogP contribution is -2.31. The predicted molar refractivity (Wildman–Crippen MR) is 78.7 cm³/mol. The maximum atomic E-state index is 10.5. The van der Waals surface area contributed by atoms with Crippen molar-refractivity contribution in [3.05, 3.63) is 34.9 Å². The summed E-state index contributed by atoms with van der Waals surface area (Å²) in [6.07, 6.45) is 2.81. The summed E-state index contributed by atoms with van der Waals surface area (Å²) in [7, 11) is 2.07. The molecule has 3 nitrogen and oxygen atoms in total. The first-order chi connectivity index (χ1) is 9.00. The average molecular weight is 284 g/mol. The van der Waals surface area contributed by atoms with Crippen LogP contribution in [0.1, 0.15) is 31.7 Å². The van der Waals surface area contributed by atoms with Gasteiger partial charge in [-0.05, 0) is 44.9 Å². The van der Waals surface area contributed by atoms with Gasteiger partial charge in [0.2, 0.25) is 0 Å². The number of carboxylic acids is 1. The van der Waals surface area contributed by atoms with E-state index < -0.39 is 5.97 Å². The molecule has 4 heteroatoms. The first kappa shape index (κ1) is 16.0. The Kier molecular flexibility index (Phi) is 6.89. The summed E-state index contributed by atoms with van der Waals surface area (Å²) in [5.41, 5.74) is 1.16. The SMILES string of the molecule is CC(CCCC(=O)O)N(C)CCc1ccccc1Cl. The van der Waals surface area contributed by atoms with E-state index in [-0.39, 0.29) is 6.42 Å². The van der Waals surface area contributed by atoms with E-state index in [1.165, 1.54) is 0 Å². The number of hydrogen-bond donors (Lipinski definition) is 1. The molecule has 0 radical (unpaired) electrons.